The van der Waals surface area contributed by atoms with Crippen LogP contribution in [0.25, 0.3) is 94.5 Å². The number of benzene rings is 7. The normalized spacial score (nSPS) is 11.6. The molecule has 0 amide bonds. The third kappa shape index (κ3) is 4.61. The van der Waals surface area contributed by atoms with Gasteiger partial charge in [-0.05, 0) is 59.7 Å². The average Bonchev–Trinajstić information content (AvgIpc) is 3.74. The van der Waals surface area contributed by atoms with Gasteiger partial charge in [-0.2, -0.15) is 0 Å². The van der Waals surface area contributed by atoms with Crippen LogP contribution in [0.5, 0.6) is 0 Å². The van der Waals surface area contributed by atoms with Crippen molar-refractivity contribution in [1.82, 2.24) is 14.5 Å². The Balaban J connectivity index is 1.11. The van der Waals surface area contributed by atoms with E-state index in [4.69, 9.17) is 14.4 Å². The van der Waals surface area contributed by atoms with Crippen LogP contribution in [0.1, 0.15) is 0 Å². The molecule has 0 spiro atoms. The standard InChI is InChI=1S/C46H29N3O/c1-3-13-30(14-4-1)39-29-40(48-46(47-39)31-15-5-2-6-16-31)34-19-11-17-32(27-34)33-18-12-20-35(28-33)49-41-23-9-7-22-38(41)44-42(49)26-25-37-36-21-8-10-24-43(36)50-45(37)44/h1-29H. The summed E-state index contributed by atoms with van der Waals surface area (Å²) in [6.45, 7) is 0. The largest absolute Gasteiger partial charge is 0.455 e. The van der Waals surface area contributed by atoms with Gasteiger partial charge in [0.25, 0.3) is 0 Å². The minimum Gasteiger partial charge on any atom is -0.455 e. The van der Waals surface area contributed by atoms with Crippen LogP contribution in [0.3, 0.4) is 0 Å². The molecule has 234 valence electrons. The van der Waals surface area contributed by atoms with Gasteiger partial charge in [-0.15, -0.1) is 0 Å². The molecule has 0 bridgehead atoms. The Hall–Kier alpha value is -6.78. The fraction of sp³-hybridized carbons (Fsp3) is 0. The van der Waals surface area contributed by atoms with E-state index in [0.29, 0.717) is 5.82 Å². The Bertz CT molecular complexity index is 2810. The second kappa shape index (κ2) is 11.4. The van der Waals surface area contributed by atoms with Crippen molar-refractivity contribution in [2.75, 3.05) is 0 Å². The van der Waals surface area contributed by atoms with Crippen molar-refractivity contribution in [3.05, 3.63) is 176 Å². The molecule has 4 heteroatoms. The molecule has 0 radical (unpaired) electrons. The Kier molecular flexibility index (Phi) is 6.46. The zero-order chi connectivity index (χ0) is 33.0. The van der Waals surface area contributed by atoms with Gasteiger partial charge in [-0.1, -0.05) is 127 Å². The second-order valence-corrected chi connectivity index (χ2v) is 12.6. The van der Waals surface area contributed by atoms with E-state index in [2.05, 4.69) is 132 Å². The summed E-state index contributed by atoms with van der Waals surface area (Å²) >= 11 is 0. The molecule has 4 nitrogen and oxygen atoms in total. The summed E-state index contributed by atoms with van der Waals surface area (Å²) in [7, 11) is 0. The molecule has 0 unspecified atom stereocenters. The highest BCUT2D eigenvalue weighted by atomic mass is 16.3. The molecule has 0 aliphatic rings. The lowest BCUT2D eigenvalue weighted by Crippen LogP contribution is -1.96. The van der Waals surface area contributed by atoms with Crippen molar-refractivity contribution in [2.45, 2.75) is 0 Å². The molecule has 0 atom stereocenters. The van der Waals surface area contributed by atoms with E-state index in [9.17, 15) is 0 Å². The van der Waals surface area contributed by atoms with Crippen LogP contribution in [0, 0.1) is 0 Å². The van der Waals surface area contributed by atoms with Gasteiger partial charge < -0.3 is 8.98 Å². The van der Waals surface area contributed by atoms with Crippen LogP contribution in [-0.4, -0.2) is 14.5 Å². The summed E-state index contributed by atoms with van der Waals surface area (Å²) in [5.41, 5.74) is 12.3. The van der Waals surface area contributed by atoms with E-state index in [1.807, 2.05) is 48.5 Å². The van der Waals surface area contributed by atoms with Crippen LogP contribution >= 0.6 is 0 Å². The molecule has 50 heavy (non-hydrogen) atoms. The summed E-state index contributed by atoms with van der Waals surface area (Å²) in [6, 6.07) is 61.3. The van der Waals surface area contributed by atoms with Gasteiger partial charge in [-0.25, -0.2) is 9.97 Å². The number of rotatable bonds is 5. The number of hydrogen-bond donors (Lipinski definition) is 0. The van der Waals surface area contributed by atoms with Crippen molar-refractivity contribution in [1.29, 1.82) is 0 Å². The van der Waals surface area contributed by atoms with Crippen molar-refractivity contribution in [3.63, 3.8) is 0 Å². The van der Waals surface area contributed by atoms with E-state index in [0.717, 1.165) is 83.3 Å². The number of furan rings is 1. The molecule has 7 aromatic carbocycles. The monoisotopic (exact) mass is 639 g/mol. The maximum atomic E-state index is 6.52. The van der Waals surface area contributed by atoms with E-state index >= 15 is 0 Å². The van der Waals surface area contributed by atoms with Crippen LogP contribution in [0.2, 0.25) is 0 Å². The molecule has 0 saturated heterocycles. The highest BCUT2D eigenvalue weighted by Gasteiger charge is 2.19. The number of para-hydroxylation sites is 2. The molecule has 0 N–H and O–H groups in total. The summed E-state index contributed by atoms with van der Waals surface area (Å²) in [5.74, 6) is 0.708. The molecule has 0 aliphatic carbocycles. The Labute approximate surface area is 288 Å². The predicted molar refractivity (Wildman–Crippen MR) is 205 cm³/mol. The highest BCUT2D eigenvalue weighted by molar-refractivity contribution is 6.23. The minimum absolute atomic E-state index is 0.708. The van der Waals surface area contributed by atoms with Crippen LogP contribution in [0.4, 0.5) is 0 Å². The van der Waals surface area contributed by atoms with Crippen LogP contribution in [0.15, 0.2) is 180 Å². The lowest BCUT2D eigenvalue weighted by Gasteiger charge is -2.12. The molecule has 0 fully saturated rings. The molecule has 10 aromatic rings. The quantitative estimate of drug-likeness (QED) is 0.188. The van der Waals surface area contributed by atoms with E-state index < -0.39 is 0 Å². The number of fused-ring (bicyclic) bond motifs is 7. The maximum Gasteiger partial charge on any atom is 0.160 e. The maximum absolute atomic E-state index is 6.52. The van der Waals surface area contributed by atoms with E-state index in [1.54, 1.807) is 0 Å². The lowest BCUT2D eigenvalue weighted by atomic mass is 10.00. The third-order valence-electron chi connectivity index (χ3n) is 9.60. The molecular formula is C46H29N3O. The van der Waals surface area contributed by atoms with Crippen LogP contribution in [-0.2, 0) is 0 Å². The van der Waals surface area contributed by atoms with E-state index in [1.165, 1.54) is 5.39 Å². The Morgan fingerprint density at radius 1 is 0.400 bits per heavy atom. The van der Waals surface area contributed by atoms with Crippen molar-refractivity contribution in [2.24, 2.45) is 0 Å². The summed E-state index contributed by atoms with van der Waals surface area (Å²) in [4.78, 5) is 10.1. The van der Waals surface area contributed by atoms with Crippen molar-refractivity contribution < 1.29 is 4.42 Å². The first-order valence-electron chi connectivity index (χ1n) is 16.8. The fourth-order valence-electron chi connectivity index (χ4n) is 7.26. The first kappa shape index (κ1) is 28.3. The SMILES string of the molecule is c1ccc(-c2cc(-c3cccc(-c4cccc(-n5c6ccccc6c6c7oc8ccccc8c7ccc65)c4)c3)nc(-c3ccccc3)n2)cc1. The van der Waals surface area contributed by atoms with Gasteiger partial charge in [0, 0.05) is 38.5 Å². The van der Waals surface area contributed by atoms with Crippen LogP contribution < -0.4 is 0 Å². The number of nitrogens with zero attached hydrogens (tertiary/aromatic N) is 3. The first-order valence-corrected chi connectivity index (χ1v) is 16.8. The zero-order valence-corrected chi connectivity index (χ0v) is 27.0. The zero-order valence-electron chi connectivity index (χ0n) is 27.0. The molecule has 3 aromatic heterocycles. The number of hydrogen-bond acceptors (Lipinski definition) is 3. The molecule has 3 heterocycles. The van der Waals surface area contributed by atoms with Gasteiger partial charge in [0.15, 0.2) is 5.82 Å². The Morgan fingerprint density at radius 3 is 1.84 bits per heavy atom. The molecule has 0 saturated carbocycles. The minimum atomic E-state index is 0.708. The highest BCUT2D eigenvalue weighted by Crippen LogP contribution is 2.41. The predicted octanol–water partition coefficient (Wildman–Crippen LogP) is 12.1. The summed E-state index contributed by atoms with van der Waals surface area (Å²) in [5, 5.41) is 4.58. The van der Waals surface area contributed by atoms with Crippen molar-refractivity contribution >= 4 is 43.7 Å². The van der Waals surface area contributed by atoms with E-state index in [-0.39, 0.29) is 0 Å². The summed E-state index contributed by atoms with van der Waals surface area (Å²) in [6.07, 6.45) is 0. The summed E-state index contributed by atoms with van der Waals surface area (Å²) < 4.78 is 8.88. The first-order chi connectivity index (χ1) is 24.8. The van der Waals surface area contributed by atoms with Gasteiger partial charge in [-0.3, -0.25) is 0 Å². The number of aromatic nitrogens is 3. The molecule has 10 rings (SSSR count). The van der Waals surface area contributed by atoms with Gasteiger partial charge in [0.2, 0.25) is 0 Å². The lowest BCUT2D eigenvalue weighted by molar-refractivity contribution is 0.673. The Morgan fingerprint density at radius 2 is 1.02 bits per heavy atom. The van der Waals surface area contributed by atoms with Gasteiger partial charge >= 0.3 is 0 Å². The van der Waals surface area contributed by atoms with Gasteiger partial charge in [0.1, 0.15) is 11.2 Å². The third-order valence-corrected chi connectivity index (χ3v) is 9.60. The smallest absolute Gasteiger partial charge is 0.160 e. The van der Waals surface area contributed by atoms with Crippen molar-refractivity contribution in [3.8, 4) is 50.7 Å². The molecular weight excluding hydrogens is 611 g/mol. The second-order valence-electron chi connectivity index (χ2n) is 12.6. The molecule has 0 aliphatic heterocycles. The van der Waals surface area contributed by atoms with Gasteiger partial charge in [0.05, 0.1) is 27.8 Å². The fourth-order valence-corrected chi connectivity index (χ4v) is 7.26. The topological polar surface area (TPSA) is 43.9 Å². The average molecular weight is 640 g/mol.